The van der Waals surface area contributed by atoms with Crippen molar-refractivity contribution in [3.8, 4) is 5.75 Å². The second kappa shape index (κ2) is 9.79. The van der Waals surface area contributed by atoms with Crippen LogP contribution in [0.25, 0.3) is 0 Å². The average molecular weight is 415 g/mol. The van der Waals surface area contributed by atoms with Gasteiger partial charge in [-0.1, -0.05) is 23.7 Å². The Balaban J connectivity index is 1.55. The van der Waals surface area contributed by atoms with Crippen molar-refractivity contribution in [1.82, 2.24) is 4.90 Å². The van der Waals surface area contributed by atoms with Crippen LogP contribution < -0.4 is 10.5 Å². The van der Waals surface area contributed by atoms with E-state index in [1.165, 1.54) is 0 Å². The summed E-state index contributed by atoms with van der Waals surface area (Å²) in [6, 6.07) is 13.0. The summed E-state index contributed by atoms with van der Waals surface area (Å²) in [5, 5.41) is 0.623. The van der Waals surface area contributed by atoms with Crippen molar-refractivity contribution in [2.45, 2.75) is 44.6 Å². The van der Waals surface area contributed by atoms with E-state index in [4.69, 9.17) is 22.1 Å². The number of amides is 1. The zero-order valence-electron chi connectivity index (χ0n) is 16.7. The van der Waals surface area contributed by atoms with Crippen LogP contribution in [-0.4, -0.2) is 30.2 Å². The summed E-state index contributed by atoms with van der Waals surface area (Å²) in [5.41, 5.74) is 8.40. The number of benzene rings is 2. The topological polar surface area (TPSA) is 72.6 Å². The minimum absolute atomic E-state index is 0.00960. The normalized spacial score (nSPS) is 16.1. The highest BCUT2D eigenvalue weighted by Crippen LogP contribution is 2.38. The molecule has 1 heterocycles. The van der Waals surface area contributed by atoms with Gasteiger partial charge >= 0.3 is 0 Å². The number of nitrogen functional groups attached to an aromatic ring is 1. The van der Waals surface area contributed by atoms with Crippen molar-refractivity contribution in [3.63, 3.8) is 0 Å². The molecule has 1 amide bonds. The summed E-state index contributed by atoms with van der Waals surface area (Å²) in [7, 11) is 1.62. The summed E-state index contributed by atoms with van der Waals surface area (Å²) in [6.45, 7) is 0.693. The molecule has 3 rings (SSSR count). The largest absolute Gasteiger partial charge is 0.496 e. The van der Waals surface area contributed by atoms with Crippen LogP contribution in [0.1, 0.15) is 49.3 Å². The molecule has 0 aromatic heterocycles. The predicted molar refractivity (Wildman–Crippen MR) is 115 cm³/mol. The van der Waals surface area contributed by atoms with Gasteiger partial charge in [-0.3, -0.25) is 9.59 Å². The van der Waals surface area contributed by atoms with Gasteiger partial charge in [-0.25, -0.2) is 0 Å². The smallest absolute Gasteiger partial charge is 0.223 e. The minimum Gasteiger partial charge on any atom is -0.496 e. The molecule has 1 atom stereocenters. The van der Waals surface area contributed by atoms with E-state index in [0.717, 1.165) is 29.7 Å². The number of ether oxygens (including phenoxy) is 1. The van der Waals surface area contributed by atoms with Crippen LogP contribution in [0.4, 0.5) is 5.69 Å². The Bertz CT molecular complexity index is 867. The Labute approximate surface area is 176 Å². The van der Waals surface area contributed by atoms with Crippen molar-refractivity contribution in [2.75, 3.05) is 19.4 Å². The zero-order valence-corrected chi connectivity index (χ0v) is 17.5. The van der Waals surface area contributed by atoms with Crippen molar-refractivity contribution >= 4 is 29.0 Å². The number of hydrogen-bond acceptors (Lipinski definition) is 4. The molecule has 2 aromatic rings. The Morgan fingerprint density at radius 2 is 1.90 bits per heavy atom. The zero-order chi connectivity index (χ0) is 20.8. The van der Waals surface area contributed by atoms with E-state index < -0.39 is 0 Å². The van der Waals surface area contributed by atoms with Gasteiger partial charge in [0.2, 0.25) is 5.91 Å². The predicted octanol–water partition coefficient (Wildman–Crippen LogP) is 4.58. The molecular weight excluding hydrogens is 388 g/mol. The van der Waals surface area contributed by atoms with Gasteiger partial charge in [0.05, 0.1) is 13.2 Å². The van der Waals surface area contributed by atoms with Crippen molar-refractivity contribution in [2.24, 2.45) is 0 Å². The van der Waals surface area contributed by atoms with E-state index >= 15 is 0 Å². The second-order valence-corrected chi connectivity index (χ2v) is 7.85. The Hall–Kier alpha value is -2.53. The average Bonchev–Trinajstić information content (AvgIpc) is 3.21. The van der Waals surface area contributed by atoms with Gasteiger partial charge < -0.3 is 15.4 Å². The van der Waals surface area contributed by atoms with E-state index in [1.807, 2.05) is 41.3 Å². The van der Waals surface area contributed by atoms with Crippen LogP contribution in [-0.2, 0) is 16.0 Å². The number of carbonyl (C=O) groups is 2. The van der Waals surface area contributed by atoms with Crippen LogP contribution in [0, 0.1) is 0 Å². The van der Waals surface area contributed by atoms with Gasteiger partial charge in [-0.15, -0.1) is 0 Å². The summed E-state index contributed by atoms with van der Waals surface area (Å²) in [4.78, 5) is 26.9. The van der Waals surface area contributed by atoms with Crippen molar-refractivity contribution in [3.05, 3.63) is 58.6 Å². The quantitative estimate of drug-likeness (QED) is 0.642. The Morgan fingerprint density at radius 3 is 2.62 bits per heavy atom. The summed E-state index contributed by atoms with van der Waals surface area (Å²) >= 11 is 6.17. The number of nitrogens with two attached hydrogens (primary N) is 1. The molecule has 5 nitrogen and oxygen atoms in total. The molecule has 0 aliphatic carbocycles. The lowest BCUT2D eigenvalue weighted by molar-refractivity contribution is -0.134. The number of rotatable bonds is 8. The highest BCUT2D eigenvalue weighted by molar-refractivity contribution is 6.30. The van der Waals surface area contributed by atoms with Gasteiger partial charge in [0.15, 0.2) is 0 Å². The Kier molecular flexibility index (Phi) is 7.15. The molecule has 154 valence electrons. The third kappa shape index (κ3) is 5.51. The van der Waals surface area contributed by atoms with Crippen molar-refractivity contribution < 1.29 is 14.3 Å². The van der Waals surface area contributed by atoms with Gasteiger partial charge in [0.25, 0.3) is 0 Å². The van der Waals surface area contributed by atoms with Gasteiger partial charge in [0, 0.05) is 42.1 Å². The maximum absolute atomic E-state index is 12.8. The van der Waals surface area contributed by atoms with Gasteiger partial charge in [-0.05, 0) is 55.2 Å². The lowest BCUT2D eigenvalue weighted by Crippen LogP contribution is -2.31. The monoisotopic (exact) mass is 414 g/mol. The number of Topliss-reactive ketones (excluding diaryl/α,β-unsaturated/α-hetero) is 1. The minimum atomic E-state index is -0.0546. The summed E-state index contributed by atoms with van der Waals surface area (Å²) in [6.07, 6.45) is 3.40. The number of ketones is 1. The number of anilines is 1. The molecule has 0 saturated carbocycles. The summed E-state index contributed by atoms with van der Waals surface area (Å²) < 4.78 is 5.46. The molecule has 0 radical (unpaired) electrons. The fraction of sp³-hybridized carbons (Fsp3) is 0.391. The van der Waals surface area contributed by atoms with E-state index in [0.29, 0.717) is 30.1 Å². The van der Waals surface area contributed by atoms with Crippen LogP contribution in [0.2, 0.25) is 5.02 Å². The van der Waals surface area contributed by atoms with Gasteiger partial charge in [-0.2, -0.15) is 0 Å². The van der Waals surface area contributed by atoms with E-state index in [-0.39, 0.29) is 30.6 Å². The van der Waals surface area contributed by atoms with Gasteiger partial charge in [0.1, 0.15) is 11.5 Å². The van der Waals surface area contributed by atoms with Crippen molar-refractivity contribution in [1.29, 1.82) is 0 Å². The number of likely N-dealkylation sites (tertiary alicyclic amines) is 1. The van der Waals surface area contributed by atoms with Crippen LogP contribution in [0.5, 0.6) is 5.75 Å². The number of carbonyl (C=O) groups excluding carboxylic acids is 2. The number of methoxy groups -OCH3 is 1. The third-order valence-corrected chi connectivity index (χ3v) is 5.65. The van der Waals surface area contributed by atoms with E-state index in [2.05, 4.69) is 0 Å². The first-order valence-electron chi connectivity index (χ1n) is 9.97. The molecule has 29 heavy (non-hydrogen) atoms. The molecule has 2 aromatic carbocycles. The lowest BCUT2D eigenvalue weighted by atomic mass is 10.0. The van der Waals surface area contributed by atoms with E-state index in [9.17, 15) is 9.59 Å². The van der Waals surface area contributed by atoms with Crippen LogP contribution in [0.3, 0.4) is 0 Å². The molecular formula is C23H27ClN2O3. The molecule has 1 fully saturated rings. The number of nitrogens with zero attached hydrogens (tertiary/aromatic N) is 1. The highest BCUT2D eigenvalue weighted by atomic mass is 35.5. The molecule has 2 N–H and O–H groups in total. The molecule has 0 bridgehead atoms. The number of hydrogen-bond donors (Lipinski definition) is 1. The maximum Gasteiger partial charge on any atom is 0.223 e. The third-order valence-electron chi connectivity index (χ3n) is 5.41. The van der Waals surface area contributed by atoms with E-state index in [1.54, 1.807) is 13.2 Å². The Morgan fingerprint density at radius 1 is 1.14 bits per heavy atom. The first kappa shape index (κ1) is 21.2. The first-order chi connectivity index (χ1) is 14.0. The fourth-order valence-electron chi connectivity index (χ4n) is 3.84. The van der Waals surface area contributed by atoms with Crippen LogP contribution >= 0.6 is 11.6 Å². The highest BCUT2D eigenvalue weighted by Gasteiger charge is 2.31. The maximum atomic E-state index is 12.8. The molecule has 1 saturated heterocycles. The first-order valence-corrected chi connectivity index (χ1v) is 10.3. The standard InChI is InChI=1S/C23H27ClN2O3/c1-29-22-12-7-17(24)15-20(22)21-3-2-14-26(21)23(28)13-11-19(27)10-6-16-4-8-18(25)9-5-16/h4-5,7-9,12,15,21H,2-3,6,10-11,13-14,25H2,1H3. The second-order valence-electron chi connectivity index (χ2n) is 7.41. The van der Waals surface area contributed by atoms with Crippen LogP contribution in [0.15, 0.2) is 42.5 Å². The molecule has 1 unspecified atom stereocenters. The fourth-order valence-corrected chi connectivity index (χ4v) is 4.02. The number of halogens is 1. The number of aryl methyl sites for hydroxylation is 1. The summed E-state index contributed by atoms with van der Waals surface area (Å²) in [5.74, 6) is 0.847. The molecule has 6 heteroatoms. The molecule has 0 spiro atoms. The SMILES string of the molecule is COc1ccc(Cl)cc1C1CCCN1C(=O)CCC(=O)CCc1ccc(N)cc1. The lowest BCUT2D eigenvalue weighted by Gasteiger charge is -2.26. The molecule has 1 aliphatic rings. The molecule has 1 aliphatic heterocycles.